The molecule has 0 bridgehead atoms. The lowest BCUT2D eigenvalue weighted by molar-refractivity contribution is 0.470. The molecule has 0 saturated carbocycles. The first-order chi connectivity index (χ1) is 7.16. The van der Waals surface area contributed by atoms with Crippen molar-refractivity contribution in [3.8, 4) is 0 Å². The summed E-state index contributed by atoms with van der Waals surface area (Å²) in [7, 11) is 0. The Balaban J connectivity index is 2.28. The molecule has 0 aliphatic rings. The first-order valence-electron chi connectivity index (χ1n) is 4.74. The van der Waals surface area contributed by atoms with Gasteiger partial charge in [0.2, 0.25) is 0 Å². The molecule has 0 saturated heterocycles. The summed E-state index contributed by atoms with van der Waals surface area (Å²) in [5.74, 6) is 0.769. The molecule has 1 aromatic carbocycles. The van der Waals surface area contributed by atoms with Crippen LogP contribution < -0.4 is 5.73 Å². The van der Waals surface area contributed by atoms with E-state index < -0.39 is 0 Å². The van der Waals surface area contributed by atoms with Gasteiger partial charge < -0.3 is 10.2 Å². The van der Waals surface area contributed by atoms with Gasteiger partial charge in [-0.05, 0) is 40.5 Å². The van der Waals surface area contributed by atoms with E-state index in [0.717, 1.165) is 11.3 Å². The van der Waals surface area contributed by atoms with Gasteiger partial charge in [0.25, 0.3) is 0 Å². The van der Waals surface area contributed by atoms with Crippen LogP contribution in [0.5, 0.6) is 0 Å². The van der Waals surface area contributed by atoms with Gasteiger partial charge in [0.15, 0.2) is 4.67 Å². The number of furan rings is 1. The summed E-state index contributed by atoms with van der Waals surface area (Å²) in [4.78, 5) is 0. The summed E-state index contributed by atoms with van der Waals surface area (Å²) in [5.41, 5.74) is 8.35. The fourth-order valence-corrected chi connectivity index (χ4v) is 1.75. The molecule has 0 radical (unpaired) electrons. The summed E-state index contributed by atoms with van der Waals surface area (Å²) in [5, 5.41) is 0. The fourth-order valence-electron chi connectivity index (χ4n) is 1.43. The van der Waals surface area contributed by atoms with Gasteiger partial charge in [-0.15, -0.1) is 0 Å². The van der Waals surface area contributed by atoms with Gasteiger partial charge in [0, 0.05) is 0 Å². The standard InChI is InChI=1S/C12H12BrNO/c1-8-2-4-9(5-3-8)12(14)10-6-7-11(13)15-10/h2-7,12H,14H2,1H3. The largest absolute Gasteiger partial charge is 0.452 e. The Kier molecular flexibility index (Phi) is 2.93. The van der Waals surface area contributed by atoms with Crippen molar-refractivity contribution in [3.05, 3.63) is 58.0 Å². The van der Waals surface area contributed by atoms with Crippen molar-refractivity contribution in [1.82, 2.24) is 0 Å². The molecule has 1 atom stereocenters. The summed E-state index contributed by atoms with van der Waals surface area (Å²) < 4.78 is 6.13. The number of rotatable bonds is 2. The van der Waals surface area contributed by atoms with E-state index in [0.29, 0.717) is 4.67 Å². The summed E-state index contributed by atoms with van der Waals surface area (Å²) >= 11 is 3.26. The van der Waals surface area contributed by atoms with Gasteiger partial charge in [0.05, 0.1) is 6.04 Å². The Bertz CT molecular complexity index is 447. The highest BCUT2D eigenvalue weighted by Crippen LogP contribution is 2.24. The van der Waals surface area contributed by atoms with Crippen LogP contribution in [0.3, 0.4) is 0 Å². The normalized spacial score (nSPS) is 12.7. The molecule has 15 heavy (non-hydrogen) atoms. The molecule has 3 heteroatoms. The SMILES string of the molecule is Cc1ccc(C(N)c2ccc(Br)o2)cc1. The predicted octanol–water partition coefficient (Wildman–Crippen LogP) is 3.40. The third kappa shape index (κ3) is 2.30. The number of benzene rings is 1. The minimum atomic E-state index is -0.197. The molecule has 2 rings (SSSR count). The Morgan fingerprint density at radius 3 is 2.33 bits per heavy atom. The Morgan fingerprint density at radius 1 is 1.13 bits per heavy atom. The highest BCUT2D eigenvalue weighted by molar-refractivity contribution is 9.10. The molecule has 2 nitrogen and oxygen atoms in total. The van der Waals surface area contributed by atoms with Crippen LogP contribution in [0.1, 0.15) is 22.9 Å². The number of aryl methyl sites for hydroxylation is 1. The van der Waals surface area contributed by atoms with Crippen LogP contribution in [0.2, 0.25) is 0 Å². The highest BCUT2D eigenvalue weighted by atomic mass is 79.9. The number of halogens is 1. The lowest BCUT2D eigenvalue weighted by Gasteiger charge is -2.08. The molecule has 0 spiro atoms. The molecule has 0 aliphatic carbocycles. The van der Waals surface area contributed by atoms with E-state index in [4.69, 9.17) is 10.2 Å². The third-order valence-corrected chi connectivity index (χ3v) is 2.76. The van der Waals surface area contributed by atoms with Crippen molar-refractivity contribution >= 4 is 15.9 Å². The van der Waals surface area contributed by atoms with Crippen molar-refractivity contribution in [1.29, 1.82) is 0 Å². The van der Waals surface area contributed by atoms with Gasteiger partial charge in [-0.25, -0.2) is 0 Å². The van der Waals surface area contributed by atoms with Crippen LogP contribution >= 0.6 is 15.9 Å². The lowest BCUT2D eigenvalue weighted by atomic mass is 10.0. The molecule has 0 aliphatic heterocycles. The zero-order valence-corrected chi connectivity index (χ0v) is 9.99. The number of hydrogen-bond acceptors (Lipinski definition) is 2. The van der Waals surface area contributed by atoms with E-state index in [1.54, 1.807) is 0 Å². The molecular formula is C12H12BrNO. The van der Waals surface area contributed by atoms with Crippen molar-refractivity contribution in [2.45, 2.75) is 13.0 Å². The number of hydrogen-bond donors (Lipinski definition) is 1. The molecule has 0 fully saturated rings. The molecular weight excluding hydrogens is 254 g/mol. The molecule has 78 valence electrons. The van der Waals surface area contributed by atoms with Crippen LogP contribution in [-0.2, 0) is 0 Å². The number of nitrogens with two attached hydrogens (primary N) is 1. The zero-order chi connectivity index (χ0) is 10.8. The van der Waals surface area contributed by atoms with E-state index in [1.165, 1.54) is 5.56 Å². The smallest absolute Gasteiger partial charge is 0.169 e. The van der Waals surface area contributed by atoms with Gasteiger partial charge in [-0.1, -0.05) is 29.8 Å². The van der Waals surface area contributed by atoms with Crippen LogP contribution in [0.4, 0.5) is 0 Å². The Morgan fingerprint density at radius 2 is 1.80 bits per heavy atom. The zero-order valence-electron chi connectivity index (χ0n) is 8.41. The van der Waals surface area contributed by atoms with E-state index in [9.17, 15) is 0 Å². The third-order valence-electron chi connectivity index (χ3n) is 2.34. The molecule has 2 aromatic rings. The molecule has 1 unspecified atom stereocenters. The van der Waals surface area contributed by atoms with E-state index in [2.05, 4.69) is 22.9 Å². The second kappa shape index (κ2) is 4.21. The molecule has 2 N–H and O–H groups in total. The summed E-state index contributed by atoms with van der Waals surface area (Å²) in [6.45, 7) is 2.05. The van der Waals surface area contributed by atoms with E-state index >= 15 is 0 Å². The first kappa shape index (κ1) is 10.5. The fraction of sp³-hybridized carbons (Fsp3) is 0.167. The molecule has 1 heterocycles. The van der Waals surface area contributed by atoms with Gasteiger partial charge in [-0.3, -0.25) is 0 Å². The maximum atomic E-state index is 6.07. The van der Waals surface area contributed by atoms with Crippen LogP contribution in [-0.4, -0.2) is 0 Å². The Hall–Kier alpha value is -1.06. The van der Waals surface area contributed by atoms with E-state index in [1.807, 2.05) is 36.4 Å². The predicted molar refractivity (Wildman–Crippen MR) is 63.6 cm³/mol. The van der Waals surface area contributed by atoms with E-state index in [-0.39, 0.29) is 6.04 Å². The van der Waals surface area contributed by atoms with Crippen molar-refractivity contribution in [2.24, 2.45) is 5.73 Å². The second-order valence-electron chi connectivity index (χ2n) is 3.53. The van der Waals surface area contributed by atoms with Crippen LogP contribution in [0, 0.1) is 6.92 Å². The maximum absolute atomic E-state index is 6.07. The monoisotopic (exact) mass is 265 g/mol. The highest BCUT2D eigenvalue weighted by Gasteiger charge is 2.12. The Labute approximate surface area is 97.2 Å². The minimum Gasteiger partial charge on any atom is -0.452 e. The quantitative estimate of drug-likeness (QED) is 0.904. The second-order valence-corrected chi connectivity index (χ2v) is 4.31. The first-order valence-corrected chi connectivity index (χ1v) is 5.53. The topological polar surface area (TPSA) is 39.2 Å². The average molecular weight is 266 g/mol. The van der Waals surface area contributed by atoms with Crippen LogP contribution in [0.25, 0.3) is 0 Å². The summed E-state index contributed by atoms with van der Waals surface area (Å²) in [6.07, 6.45) is 0. The van der Waals surface area contributed by atoms with Gasteiger partial charge in [-0.2, -0.15) is 0 Å². The summed E-state index contributed by atoms with van der Waals surface area (Å²) in [6, 6.07) is 11.7. The van der Waals surface area contributed by atoms with Gasteiger partial charge in [0.1, 0.15) is 5.76 Å². The van der Waals surface area contributed by atoms with Crippen molar-refractivity contribution in [3.63, 3.8) is 0 Å². The molecule has 0 amide bonds. The molecule has 1 aromatic heterocycles. The lowest BCUT2D eigenvalue weighted by Crippen LogP contribution is -2.10. The van der Waals surface area contributed by atoms with Crippen molar-refractivity contribution in [2.75, 3.05) is 0 Å². The van der Waals surface area contributed by atoms with Gasteiger partial charge >= 0.3 is 0 Å². The maximum Gasteiger partial charge on any atom is 0.169 e. The average Bonchev–Trinajstić information content (AvgIpc) is 2.65. The van der Waals surface area contributed by atoms with Crippen molar-refractivity contribution < 1.29 is 4.42 Å². The van der Waals surface area contributed by atoms with Crippen LogP contribution in [0.15, 0.2) is 45.5 Å². The minimum absolute atomic E-state index is 0.197.